The molecule has 0 saturated carbocycles. The zero-order valence-corrected chi connectivity index (χ0v) is 16.4. The number of carbonyl (C=O) groups is 1. The van der Waals surface area contributed by atoms with Gasteiger partial charge in [-0.25, -0.2) is 19.3 Å². The van der Waals surface area contributed by atoms with Crippen LogP contribution in [0.1, 0.15) is 15.9 Å². The molecule has 0 bridgehead atoms. The lowest BCUT2D eigenvalue weighted by Gasteiger charge is -2.07. The molecule has 0 spiro atoms. The van der Waals surface area contributed by atoms with Crippen LogP contribution >= 0.6 is 23.2 Å². The Balaban J connectivity index is 1.58. The Morgan fingerprint density at radius 3 is 2.69 bits per heavy atom. The first-order chi connectivity index (χ1) is 14.0. The number of aromatic amines is 1. The SMILES string of the molecule is O=C(NCCc1ccnc(Cl)c1)c1c(Cl)cnc2[nH]c(-c3ccc(F)cc3)nc12. The number of halogens is 3. The molecule has 3 aromatic heterocycles. The molecule has 0 unspecified atom stereocenters. The molecule has 146 valence electrons. The maximum Gasteiger partial charge on any atom is 0.255 e. The Kier molecular flexibility index (Phi) is 5.42. The van der Waals surface area contributed by atoms with Gasteiger partial charge in [-0.15, -0.1) is 0 Å². The van der Waals surface area contributed by atoms with Crippen molar-refractivity contribution in [3.63, 3.8) is 0 Å². The molecule has 1 amide bonds. The third kappa shape index (κ3) is 4.21. The van der Waals surface area contributed by atoms with E-state index in [0.29, 0.717) is 40.7 Å². The van der Waals surface area contributed by atoms with Gasteiger partial charge < -0.3 is 10.3 Å². The van der Waals surface area contributed by atoms with Crippen molar-refractivity contribution in [3.8, 4) is 11.4 Å². The van der Waals surface area contributed by atoms with E-state index in [0.717, 1.165) is 5.56 Å². The van der Waals surface area contributed by atoms with E-state index in [-0.39, 0.29) is 22.3 Å². The molecule has 29 heavy (non-hydrogen) atoms. The fourth-order valence-corrected chi connectivity index (χ4v) is 3.32. The minimum Gasteiger partial charge on any atom is -0.352 e. The smallest absolute Gasteiger partial charge is 0.255 e. The van der Waals surface area contributed by atoms with Crippen LogP contribution in [0, 0.1) is 5.82 Å². The molecule has 9 heteroatoms. The number of benzene rings is 1. The molecule has 0 atom stereocenters. The van der Waals surface area contributed by atoms with E-state index in [1.807, 2.05) is 6.07 Å². The number of imidazole rings is 1. The molecule has 3 heterocycles. The number of fused-ring (bicyclic) bond motifs is 1. The largest absolute Gasteiger partial charge is 0.352 e. The molecule has 6 nitrogen and oxygen atoms in total. The fraction of sp³-hybridized carbons (Fsp3) is 0.100. The Hall–Kier alpha value is -3.03. The summed E-state index contributed by atoms with van der Waals surface area (Å²) in [6, 6.07) is 9.43. The van der Waals surface area contributed by atoms with Gasteiger partial charge in [0.15, 0.2) is 5.65 Å². The number of carbonyl (C=O) groups excluding carboxylic acids is 1. The van der Waals surface area contributed by atoms with Gasteiger partial charge in [-0.1, -0.05) is 23.2 Å². The van der Waals surface area contributed by atoms with Crippen molar-refractivity contribution in [1.82, 2.24) is 25.3 Å². The van der Waals surface area contributed by atoms with Crippen molar-refractivity contribution in [1.29, 1.82) is 0 Å². The van der Waals surface area contributed by atoms with Crippen LogP contribution in [0.4, 0.5) is 4.39 Å². The zero-order valence-electron chi connectivity index (χ0n) is 14.9. The maximum atomic E-state index is 13.2. The van der Waals surface area contributed by atoms with Crippen molar-refractivity contribution in [2.75, 3.05) is 6.54 Å². The summed E-state index contributed by atoms with van der Waals surface area (Å²) in [6.45, 7) is 0.383. The number of aromatic nitrogens is 4. The normalized spacial score (nSPS) is 11.0. The first-order valence-electron chi connectivity index (χ1n) is 8.70. The first kappa shape index (κ1) is 19.3. The second kappa shape index (κ2) is 8.14. The fourth-order valence-electron chi connectivity index (χ4n) is 2.90. The molecule has 2 N–H and O–H groups in total. The van der Waals surface area contributed by atoms with Crippen molar-refractivity contribution >= 4 is 40.3 Å². The van der Waals surface area contributed by atoms with Crippen molar-refractivity contribution in [2.45, 2.75) is 6.42 Å². The van der Waals surface area contributed by atoms with E-state index < -0.39 is 0 Å². The molecule has 4 aromatic rings. The Bertz CT molecular complexity index is 1190. The summed E-state index contributed by atoms with van der Waals surface area (Å²) in [4.78, 5) is 28.4. The minimum atomic E-state index is -0.361. The number of nitrogens with zero attached hydrogens (tertiary/aromatic N) is 3. The molecule has 0 fully saturated rings. The Morgan fingerprint density at radius 2 is 1.93 bits per heavy atom. The predicted molar refractivity (Wildman–Crippen MR) is 110 cm³/mol. The second-order valence-corrected chi connectivity index (χ2v) is 7.06. The molecule has 0 radical (unpaired) electrons. The molecular weight excluding hydrogens is 416 g/mol. The highest BCUT2D eigenvalue weighted by molar-refractivity contribution is 6.35. The third-order valence-corrected chi connectivity index (χ3v) is 4.80. The number of nitrogens with one attached hydrogen (secondary N) is 2. The van der Waals surface area contributed by atoms with Gasteiger partial charge in [0.1, 0.15) is 22.3 Å². The molecule has 1 aromatic carbocycles. The van der Waals surface area contributed by atoms with Crippen LogP contribution < -0.4 is 5.32 Å². The van der Waals surface area contributed by atoms with Crippen LogP contribution in [0.2, 0.25) is 10.2 Å². The Morgan fingerprint density at radius 1 is 1.14 bits per heavy atom. The Labute approximate surface area is 175 Å². The molecule has 0 aliphatic carbocycles. The predicted octanol–water partition coefficient (Wildman–Crippen LogP) is 4.44. The first-order valence-corrected chi connectivity index (χ1v) is 9.45. The summed E-state index contributed by atoms with van der Waals surface area (Å²) < 4.78 is 13.2. The molecular formula is C20H14Cl2FN5O. The van der Waals surface area contributed by atoms with Crippen LogP contribution in [0.25, 0.3) is 22.6 Å². The van der Waals surface area contributed by atoms with Crippen molar-refractivity contribution in [3.05, 3.63) is 75.9 Å². The quantitative estimate of drug-likeness (QED) is 0.459. The van der Waals surface area contributed by atoms with E-state index in [2.05, 4.69) is 25.3 Å². The average molecular weight is 430 g/mol. The van der Waals surface area contributed by atoms with Gasteiger partial charge in [0.25, 0.3) is 5.91 Å². The highest BCUT2D eigenvalue weighted by Crippen LogP contribution is 2.26. The maximum absolute atomic E-state index is 13.2. The number of rotatable bonds is 5. The average Bonchev–Trinajstić information content (AvgIpc) is 3.12. The van der Waals surface area contributed by atoms with E-state index in [1.165, 1.54) is 18.3 Å². The van der Waals surface area contributed by atoms with Crippen LogP contribution in [0.5, 0.6) is 0 Å². The summed E-state index contributed by atoms with van der Waals surface area (Å²) in [5.74, 6) is -0.239. The van der Waals surface area contributed by atoms with Crippen LogP contribution in [-0.2, 0) is 6.42 Å². The highest BCUT2D eigenvalue weighted by atomic mass is 35.5. The summed E-state index contributed by atoms with van der Waals surface area (Å²) >= 11 is 12.1. The molecule has 0 aliphatic heterocycles. The second-order valence-electron chi connectivity index (χ2n) is 6.26. The van der Waals surface area contributed by atoms with Gasteiger partial charge in [0, 0.05) is 24.5 Å². The molecule has 0 saturated heterocycles. The topological polar surface area (TPSA) is 83.6 Å². The number of hydrogen-bond acceptors (Lipinski definition) is 4. The van der Waals surface area contributed by atoms with Crippen LogP contribution in [0.15, 0.2) is 48.8 Å². The van der Waals surface area contributed by atoms with E-state index in [9.17, 15) is 9.18 Å². The number of hydrogen-bond donors (Lipinski definition) is 2. The summed E-state index contributed by atoms with van der Waals surface area (Å²) in [5, 5.41) is 3.43. The lowest BCUT2D eigenvalue weighted by molar-refractivity contribution is 0.0955. The van der Waals surface area contributed by atoms with Gasteiger partial charge in [0.05, 0.1) is 10.6 Å². The van der Waals surface area contributed by atoms with Crippen molar-refractivity contribution in [2.24, 2.45) is 0 Å². The minimum absolute atomic E-state index is 0.194. The molecule has 4 rings (SSSR count). The number of H-pyrrole nitrogens is 1. The number of amides is 1. The van der Waals surface area contributed by atoms with E-state index in [1.54, 1.807) is 24.4 Å². The van der Waals surface area contributed by atoms with Crippen LogP contribution in [-0.4, -0.2) is 32.4 Å². The lowest BCUT2D eigenvalue weighted by Crippen LogP contribution is -2.26. The van der Waals surface area contributed by atoms with E-state index in [4.69, 9.17) is 23.2 Å². The highest BCUT2D eigenvalue weighted by Gasteiger charge is 2.19. The van der Waals surface area contributed by atoms with Gasteiger partial charge in [0.2, 0.25) is 0 Å². The summed E-state index contributed by atoms with van der Waals surface area (Å²) in [7, 11) is 0. The van der Waals surface area contributed by atoms with Gasteiger partial charge >= 0.3 is 0 Å². The summed E-state index contributed by atoms with van der Waals surface area (Å²) in [5.41, 5.74) is 2.62. The van der Waals surface area contributed by atoms with Crippen molar-refractivity contribution < 1.29 is 9.18 Å². The van der Waals surface area contributed by atoms with Gasteiger partial charge in [-0.2, -0.15) is 0 Å². The van der Waals surface area contributed by atoms with Gasteiger partial charge in [-0.05, 0) is 48.4 Å². The standard InChI is InChI=1S/C20H14Cl2FN5O/c21-14-10-26-19-17(27-18(28-19)12-1-3-13(23)4-2-12)16(14)20(29)25-8-6-11-5-7-24-15(22)9-11/h1-5,7,9-10H,6,8H2,(H,25,29)(H,26,27,28). The third-order valence-electron chi connectivity index (χ3n) is 4.30. The molecule has 0 aliphatic rings. The summed E-state index contributed by atoms with van der Waals surface area (Å²) in [6.07, 6.45) is 3.60. The zero-order chi connectivity index (χ0) is 20.4. The van der Waals surface area contributed by atoms with E-state index >= 15 is 0 Å². The monoisotopic (exact) mass is 429 g/mol. The van der Waals surface area contributed by atoms with Crippen LogP contribution in [0.3, 0.4) is 0 Å². The lowest BCUT2D eigenvalue weighted by atomic mass is 10.2. The van der Waals surface area contributed by atoms with Gasteiger partial charge in [-0.3, -0.25) is 4.79 Å². The number of pyridine rings is 2.